The number of ether oxygens (including phenoxy) is 3. The lowest BCUT2D eigenvalue weighted by Gasteiger charge is -2.26. The molecule has 0 unspecified atom stereocenters. The molecule has 0 spiro atoms. The molecule has 2 aromatic carbocycles. The summed E-state index contributed by atoms with van der Waals surface area (Å²) in [7, 11) is 0. The zero-order valence-electron chi connectivity index (χ0n) is 15.6. The Hall–Kier alpha value is -3.02. The molecule has 146 valence electrons. The average molecular weight is 381 g/mol. The van der Waals surface area contributed by atoms with Crippen LogP contribution < -0.4 is 19.5 Å². The molecule has 6 nitrogen and oxygen atoms in total. The largest absolute Gasteiger partial charge is 0.493 e. The molecule has 0 aromatic heterocycles. The highest BCUT2D eigenvalue weighted by Gasteiger charge is 2.23. The second-order valence-corrected chi connectivity index (χ2v) is 6.93. The minimum Gasteiger partial charge on any atom is -0.493 e. The van der Waals surface area contributed by atoms with E-state index in [0.29, 0.717) is 36.9 Å². The van der Waals surface area contributed by atoms with Crippen LogP contribution in [0.5, 0.6) is 17.2 Å². The number of fused-ring (bicyclic) bond motifs is 2. The lowest BCUT2D eigenvalue weighted by Crippen LogP contribution is -2.32. The van der Waals surface area contributed by atoms with Crippen LogP contribution in [0.15, 0.2) is 42.5 Å². The number of carbonyl (C=O) groups excluding carboxylic acids is 2. The van der Waals surface area contributed by atoms with E-state index in [9.17, 15) is 9.59 Å². The molecular formula is C22H23NO5. The Morgan fingerprint density at radius 2 is 1.68 bits per heavy atom. The second kappa shape index (κ2) is 8.33. The minimum absolute atomic E-state index is 0.0782. The van der Waals surface area contributed by atoms with Crippen molar-refractivity contribution in [2.75, 3.05) is 19.8 Å². The van der Waals surface area contributed by atoms with Crippen molar-refractivity contribution in [2.45, 2.75) is 31.7 Å². The van der Waals surface area contributed by atoms with Gasteiger partial charge in [0, 0.05) is 36.8 Å². The van der Waals surface area contributed by atoms with E-state index >= 15 is 0 Å². The van der Waals surface area contributed by atoms with Crippen LogP contribution in [0.2, 0.25) is 0 Å². The Labute approximate surface area is 163 Å². The van der Waals surface area contributed by atoms with Gasteiger partial charge in [-0.25, -0.2) is 0 Å². The Bertz CT molecular complexity index is 879. The Kier molecular flexibility index (Phi) is 5.46. The zero-order valence-corrected chi connectivity index (χ0v) is 15.6. The fourth-order valence-electron chi connectivity index (χ4n) is 3.47. The molecule has 1 amide bonds. The third kappa shape index (κ3) is 4.11. The predicted molar refractivity (Wildman–Crippen MR) is 103 cm³/mol. The van der Waals surface area contributed by atoms with Crippen molar-refractivity contribution in [3.05, 3.63) is 53.6 Å². The second-order valence-electron chi connectivity index (χ2n) is 6.93. The number of nitrogens with one attached hydrogen (secondary N) is 1. The van der Waals surface area contributed by atoms with Crippen LogP contribution in [0.25, 0.3) is 0 Å². The minimum atomic E-state index is -0.135. The number of Topliss-reactive ketones (excluding diaryl/α,β-unsaturated/α-hetero) is 1. The van der Waals surface area contributed by atoms with Crippen molar-refractivity contribution in [3.63, 3.8) is 0 Å². The van der Waals surface area contributed by atoms with Gasteiger partial charge in [0.1, 0.15) is 5.75 Å². The van der Waals surface area contributed by atoms with E-state index in [1.165, 1.54) is 0 Å². The van der Waals surface area contributed by atoms with E-state index in [0.717, 1.165) is 24.2 Å². The lowest BCUT2D eigenvalue weighted by molar-refractivity contribution is -0.122. The molecule has 4 rings (SSSR count). The summed E-state index contributed by atoms with van der Waals surface area (Å²) in [5, 5.41) is 3.02. The monoisotopic (exact) mass is 381 g/mol. The zero-order chi connectivity index (χ0) is 19.3. The molecule has 0 saturated carbocycles. The van der Waals surface area contributed by atoms with Crippen LogP contribution in [0, 0.1) is 0 Å². The first-order valence-electron chi connectivity index (χ1n) is 9.64. The molecule has 0 aliphatic carbocycles. The van der Waals surface area contributed by atoms with Gasteiger partial charge in [0.05, 0.1) is 25.9 Å². The molecule has 1 atom stereocenters. The summed E-state index contributed by atoms with van der Waals surface area (Å²) in [5.41, 5.74) is 1.52. The van der Waals surface area contributed by atoms with Crippen molar-refractivity contribution in [1.29, 1.82) is 0 Å². The number of benzene rings is 2. The highest BCUT2D eigenvalue weighted by atomic mass is 16.5. The normalized spacial score (nSPS) is 17.6. The predicted octanol–water partition coefficient (Wildman–Crippen LogP) is 3.45. The molecule has 2 aromatic rings. The first-order valence-corrected chi connectivity index (χ1v) is 9.64. The summed E-state index contributed by atoms with van der Waals surface area (Å²) in [6.45, 7) is 1.74. The standard InChI is InChI=1S/C22H23NO5/c24-18(15-6-8-20-21(14-15)27-12-3-11-26-20)7-9-22(25)23-17-10-13-28-19-5-2-1-4-16(17)19/h1-2,4-6,8,14,17H,3,7,9-13H2,(H,23,25)/t17-/m1/s1. The Morgan fingerprint density at radius 1 is 0.893 bits per heavy atom. The van der Waals surface area contributed by atoms with E-state index < -0.39 is 0 Å². The molecule has 0 radical (unpaired) electrons. The summed E-state index contributed by atoms with van der Waals surface area (Å²) in [6.07, 6.45) is 1.83. The number of para-hydroxylation sites is 1. The molecular weight excluding hydrogens is 358 g/mol. The van der Waals surface area contributed by atoms with Crippen LogP contribution in [-0.4, -0.2) is 31.5 Å². The van der Waals surface area contributed by atoms with E-state index in [4.69, 9.17) is 14.2 Å². The topological polar surface area (TPSA) is 73.9 Å². The van der Waals surface area contributed by atoms with Crippen molar-refractivity contribution in [1.82, 2.24) is 5.32 Å². The van der Waals surface area contributed by atoms with Crippen LogP contribution in [0.1, 0.15) is 47.6 Å². The van der Waals surface area contributed by atoms with Gasteiger partial charge in [-0.05, 0) is 24.3 Å². The lowest BCUT2D eigenvalue weighted by atomic mass is 10.00. The number of ketones is 1. The number of hydrogen-bond donors (Lipinski definition) is 1. The number of rotatable bonds is 5. The van der Waals surface area contributed by atoms with Gasteiger partial charge in [0.15, 0.2) is 17.3 Å². The Balaban J connectivity index is 1.34. The van der Waals surface area contributed by atoms with Crippen LogP contribution in [0.3, 0.4) is 0 Å². The number of carbonyl (C=O) groups is 2. The maximum atomic E-state index is 12.5. The molecule has 0 saturated heterocycles. The van der Waals surface area contributed by atoms with E-state index in [2.05, 4.69) is 5.32 Å². The van der Waals surface area contributed by atoms with Crippen molar-refractivity contribution < 1.29 is 23.8 Å². The highest BCUT2D eigenvalue weighted by Crippen LogP contribution is 2.32. The molecule has 6 heteroatoms. The van der Waals surface area contributed by atoms with Gasteiger partial charge in [-0.3, -0.25) is 9.59 Å². The van der Waals surface area contributed by atoms with Crippen molar-refractivity contribution >= 4 is 11.7 Å². The first kappa shape index (κ1) is 18.3. The van der Waals surface area contributed by atoms with E-state index in [-0.39, 0.29) is 30.6 Å². The summed E-state index contributed by atoms with van der Waals surface area (Å²) < 4.78 is 16.8. The summed E-state index contributed by atoms with van der Waals surface area (Å²) >= 11 is 0. The molecule has 0 fully saturated rings. The van der Waals surface area contributed by atoms with Gasteiger partial charge in [-0.15, -0.1) is 0 Å². The smallest absolute Gasteiger partial charge is 0.220 e. The van der Waals surface area contributed by atoms with Gasteiger partial charge >= 0.3 is 0 Å². The summed E-state index contributed by atoms with van der Waals surface area (Å²) in [5.74, 6) is 1.83. The molecule has 28 heavy (non-hydrogen) atoms. The van der Waals surface area contributed by atoms with Gasteiger partial charge in [0.2, 0.25) is 5.91 Å². The van der Waals surface area contributed by atoms with Gasteiger partial charge in [0.25, 0.3) is 0 Å². The molecule has 0 bridgehead atoms. The number of amides is 1. The van der Waals surface area contributed by atoms with Crippen LogP contribution in [-0.2, 0) is 4.79 Å². The van der Waals surface area contributed by atoms with Crippen LogP contribution >= 0.6 is 0 Å². The molecule has 1 N–H and O–H groups in total. The first-order chi connectivity index (χ1) is 13.7. The van der Waals surface area contributed by atoms with Gasteiger partial charge in [-0.1, -0.05) is 18.2 Å². The molecule has 2 heterocycles. The van der Waals surface area contributed by atoms with Crippen molar-refractivity contribution in [3.8, 4) is 17.2 Å². The fourth-order valence-corrected chi connectivity index (χ4v) is 3.47. The van der Waals surface area contributed by atoms with Gasteiger partial charge < -0.3 is 19.5 Å². The van der Waals surface area contributed by atoms with E-state index in [1.807, 2.05) is 24.3 Å². The quantitative estimate of drug-likeness (QED) is 0.803. The summed E-state index contributed by atoms with van der Waals surface area (Å²) in [4.78, 5) is 24.9. The maximum Gasteiger partial charge on any atom is 0.220 e. The van der Waals surface area contributed by atoms with Crippen LogP contribution in [0.4, 0.5) is 0 Å². The Morgan fingerprint density at radius 3 is 2.57 bits per heavy atom. The summed E-state index contributed by atoms with van der Waals surface area (Å²) in [6, 6.07) is 12.8. The maximum absolute atomic E-state index is 12.5. The fraction of sp³-hybridized carbons (Fsp3) is 0.364. The third-order valence-electron chi connectivity index (χ3n) is 4.94. The molecule has 2 aliphatic rings. The average Bonchev–Trinajstić information content (AvgIpc) is 2.97. The highest BCUT2D eigenvalue weighted by molar-refractivity contribution is 5.98. The molecule has 2 aliphatic heterocycles. The van der Waals surface area contributed by atoms with E-state index in [1.54, 1.807) is 18.2 Å². The number of hydrogen-bond acceptors (Lipinski definition) is 5. The van der Waals surface area contributed by atoms with Gasteiger partial charge in [-0.2, -0.15) is 0 Å². The van der Waals surface area contributed by atoms with Crippen molar-refractivity contribution in [2.24, 2.45) is 0 Å². The SMILES string of the molecule is O=C(CCC(=O)c1ccc2c(c1)OCCCO2)N[C@@H]1CCOc2ccccc21. The third-order valence-corrected chi connectivity index (χ3v) is 4.94.